The number of nitrogens with one attached hydrogen (secondary N) is 1. The molecule has 1 fully saturated rings. The number of aryl methyl sites for hydroxylation is 1. The van der Waals surface area contributed by atoms with E-state index in [-0.39, 0.29) is 17.4 Å². The summed E-state index contributed by atoms with van der Waals surface area (Å²) in [7, 11) is -2.32. The number of aromatic nitrogens is 3. The average Bonchev–Trinajstić information content (AvgIpc) is 3.55. The lowest BCUT2D eigenvalue weighted by Crippen LogP contribution is -2.49. The highest BCUT2D eigenvalue weighted by Gasteiger charge is 2.26. The van der Waals surface area contributed by atoms with Crippen LogP contribution >= 0.6 is 0 Å². The summed E-state index contributed by atoms with van der Waals surface area (Å²) < 4.78 is 42.4. The smallest absolute Gasteiger partial charge is 0.261 e. The van der Waals surface area contributed by atoms with Gasteiger partial charge in [0, 0.05) is 37.4 Å². The van der Waals surface area contributed by atoms with Crippen molar-refractivity contribution in [3.05, 3.63) is 126 Å². The number of hydrogen-bond donors (Lipinski definition) is 1. The normalized spacial score (nSPS) is 13.3. The predicted octanol–water partition coefficient (Wildman–Crippen LogP) is 4.99. The third-order valence-corrected chi connectivity index (χ3v) is 9.39. The molecule has 0 saturated carbocycles. The molecule has 0 aliphatic carbocycles. The molecule has 2 heterocycles. The standard InChI is InChI=1S/C35H36N6O5S/c1-26-12-17-31(22-32(26)35(42)40-20-18-39(19-21-40)33-10-6-7-11-34(33)45-2)47(43,44)37-28-13-15-30(16-14-28)46-25-29-24-41(38-36-29)23-27-8-4-3-5-9-27/h3-17,22,24,37H,18-21,23,25H2,1-2H3. The van der Waals surface area contributed by atoms with E-state index in [0.717, 1.165) is 17.0 Å². The Labute approximate surface area is 274 Å². The third kappa shape index (κ3) is 7.55. The maximum atomic E-state index is 13.6. The zero-order valence-corrected chi connectivity index (χ0v) is 27.1. The van der Waals surface area contributed by atoms with Crippen LogP contribution in [0.2, 0.25) is 0 Å². The zero-order chi connectivity index (χ0) is 32.8. The molecule has 0 unspecified atom stereocenters. The number of sulfonamides is 1. The monoisotopic (exact) mass is 652 g/mol. The van der Waals surface area contributed by atoms with Crippen LogP contribution in [0.4, 0.5) is 11.4 Å². The second kappa shape index (κ2) is 14.0. The van der Waals surface area contributed by atoms with Crippen LogP contribution in [0, 0.1) is 6.92 Å². The van der Waals surface area contributed by atoms with Crippen molar-refractivity contribution in [3.63, 3.8) is 0 Å². The van der Waals surface area contributed by atoms with Crippen molar-refractivity contribution < 1.29 is 22.7 Å². The van der Waals surface area contributed by atoms with Crippen LogP contribution < -0.4 is 19.1 Å². The molecule has 242 valence electrons. The van der Waals surface area contributed by atoms with Crippen LogP contribution in [0.3, 0.4) is 0 Å². The van der Waals surface area contributed by atoms with E-state index in [1.165, 1.54) is 12.1 Å². The third-order valence-electron chi connectivity index (χ3n) is 8.01. The summed E-state index contributed by atoms with van der Waals surface area (Å²) >= 11 is 0. The van der Waals surface area contributed by atoms with E-state index in [4.69, 9.17) is 9.47 Å². The van der Waals surface area contributed by atoms with E-state index >= 15 is 0 Å². The van der Waals surface area contributed by atoms with Crippen molar-refractivity contribution in [2.45, 2.75) is 25.0 Å². The van der Waals surface area contributed by atoms with Crippen molar-refractivity contribution in [2.75, 3.05) is 42.9 Å². The summed E-state index contributed by atoms with van der Waals surface area (Å²) in [5.74, 6) is 1.15. The van der Waals surface area contributed by atoms with Crippen LogP contribution in [0.25, 0.3) is 0 Å². The Morgan fingerprint density at radius 1 is 0.894 bits per heavy atom. The first-order valence-corrected chi connectivity index (χ1v) is 16.7. The number of carbonyl (C=O) groups excluding carboxylic acids is 1. The van der Waals surface area contributed by atoms with Crippen LogP contribution in [0.1, 0.15) is 27.2 Å². The van der Waals surface area contributed by atoms with Gasteiger partial charge in [-0.3, -0.25) is 9.52 Å². The molecule has 11 nitrogen and oxygen atoms in total. The molecule has 0 radical (unpaired) electrons. The Hall–Kier alpha value is -5.36. The number of amides is 1. The predicted molar refractivity (Wildman–Crippen MR) is 179 cm³/mol. The van der Waals surface area contributed by atoms with E-state index in [2.05, 4.69) is 19.9 Å². The fourth-order valence-corrected chi connectivity index (χ4v) is 6.54. The van der Waals surface area contributed by atoms with Crippen molar-refractivity contribution in [3.8, 4) is 11.5 Å². The number of methoxy groups -OCH3 is 1. The Morgan fingerprint density at radius 2 is 1.62 bits per heavy atom. The Morgan fingerprint density at radius 3 is 2.36 bits per heavy atom. The molecule has 47 heavy (non-hydrogen) atoms. The molecule has 4 aromatic carbocycles. The summed E-state index contributed by atoms with van der Waals surface area (Å²) in [6.45, 7) is 4.93. The molecule has 1 aliphatic rings. The van der Waals surface area contributed by atoms with Crippen molar-refractivity contribution >= 4 is 27.3 Å². The molecule has 1 amide bonds. The molecule has 5 aromatic rings. The van der Waals surface area contributed by atoms with E-state index in [1.54, 1.807) is 47.0 Å². The van der Waals surface area contributed by atoms with Gasteiger partial charge in [-0.25, -0.2) is 13.1 Å². The van der Waals surface area contributed by atoms with Crippen LogP contribution in [-0.4, -0.2) is 67.5 Å². The topological polar surface area (TPSA) is 119 Å². The molecule has 1 aromatic heterocycles. The van der Waals surface area contributed by atoms with Crippen LogP contribution in [0.15, 0.2) is 108 Å². The first-order chi connectivity index (χ1) is 22.8. The lowest BCUT2D eigenvalue weighted by atomic mass is 10.1. The minimum atomic E-state index is -3.97. The van der Waals surface area contributed by atoms with Gasteiger partial charge >= 0.3 is 0 Å². The van der Waals surface area contributed by atoms with E-state index in [0.29, 0.717) is 61.0 Å². The van der Waals surface area contributed by atoms with Crippen molar-refractivity contribution in [1.82, 2.24) is 19.9 Å². The number of ether oxygens (including phenoxy) is 2. The second-order valence-electron chi connectivity index (χ2n) is 11.2. The van der Waals surface area contributed by atoms with E-state index in [9.17, 15) is 13.2 Å². The molecule has 6 rings (SSSR count). The molecule has 0 atom stereocenters. The Balaban J connectivity index is 1.05. The summed E-state index contributed by atoms with van der Waals surface area (Å²) in [6, 6.07) is 29.0. The van der Waals surface area contributed by atoms with Crippen LogP contribution in [-0.2, 0) is 23.2 Å². The maximum Gasteiger partial charge on any atom is 0.261 e. The van der Waals surface area contributed by atoms with Gasteiger partial charge < -0.3 is 19.3 Å². The number of carbonyl (C=O) groups is 1. The van der Waals surface area contributed by atoms with Gasteiger partial charge in [-0.15, -0.1) is 5.10 Å². The Bertz CT molecular complexity index is 1940. The summed E-state index contributed by atoms with van der Waals surface area (Å²) in [4.78, 5) is 17.5. The lowest BCUT2D eigenvalue weighted by molar-refractivity contribution is 0.0745. The highest BCUT2D eigenvalue weighted by atomic mass is 32.2. The van der Waals surface area contributed by atoms with Gasteiger partial charge in [0.1, 0.15) is 23.8 Å². The van der Waals surface area contributed by atoms with Gasteiger partial charge in [-0.2, -0.15) is 0 Å². The minimum Gasteiger partial charge on any atom is -0.495 e. The summed E-state index contributed by atoms with van der Waals surface area (Å²) in [6.07, 6.45) is 1.83. The molecule has 1 saturated heterocycles. The number of benzene rings is 4. The molecule has 12 heteroatoms. The first-order valence-electron chi connectivity index (χ1n) is 15.3. The number of hydrogen-bond acceptors (Lipinski definition) is 8. The van der Waals surface area contributed by atoms with Gasteiger partial charge in [0.15, 0.2) is 0 Å². The van der Waals surface area contributed by atoms with Gasteiger partial charge in [0.05, 0.1) is 30.4 Å². The van der Waals surface area contributed by atoms with Crippen molar-refractivity contribution in [2.24, 2.45) is 0 Å². The minimum absolute atomic E-state index is 0.0121. The SMILES string of the molecule is COc1ccccc1N1CCN(C(=O)c2cc(S(=O)(=O)Nc3ccc(OCc4cn(Cc5ccccc5)nn4)cc3)ccc2C)CC1. The number of rotatable bonds is 11. The van der Waals surface area contributed by atoms with E-state index < -0.39 is 10.0 Å². The maximum absolute atomic E-state index is 13.6. The van der Waals surface area contributed by atoms with Crippen molar-refractivity contribution in [1.29, 1.82) is 0 Å². The number of para-hydroxylation sites is 2. The van der Waals surface area contributed by atoms with Gasteiger partial charge in [-0.1, -0.05) is 53.7 Å². The summed E-state index contributed by atoms with van der Waals surface area (Å²) in [5.41, 5.74) is 4.22. The zero-order valence-electron chi connectivity index (χ0n) is 26.2. The molecular formula is C35H36N6O5S. The highest BCUT2D eigenvalue weighted by molar-refractivity contribution is 7.92. The fraction of sp³-hybridized carbons (Fsp3) is 0.229. The average molecular weight is 653 g/mol. The highest BCUT2D eigenvalue weighted by Crippen LogP contribution is 2.29. The molecular weight excluding hydrogens is 616 g/mol. The number of nitrogens with zero attached hydrogens (tertiary/aromatic N) is 5. The van der Waals surface area contributed by atoms with E-state index in [1.807, 2.05) is 67.7 Å². The fourth-order valence-electron chi connectivity index (χ4n) is 5.45. The van der Waals surface area contributed by atoms with Crippen LogP contribution in [0.5, 0.6) is 11.5 Å². The molecule has 0 bridgehead atoms. The molecule has 0 spiro atoms. The number of piperazine rings is 1. The molecule has 1 aliphatic heterocycles. The summed E-state index contributed by atoms with van der Waals surface area (Å²) in [5, 5.41) is 8.32. The quantitative estimate of drug-likeness (QED) is 0.212. The lowest BCUT2D eigenvalue weighted by Gasteiger charge is -2.36. The second-order valence-corrected chi connectivity index (χ2v) is 12.9. The van der Waals surface area contributed by atoms with Gasteiger partial charge in [-0.05, 0) is 66.6 Å². The number of anilines is 2. The van der Waals surface area contributed by atoms with Gasteiger partial charge in [0.25, 0.3) is 15.9 Å². The largest absolute Gasteiger partial charge is 0.495 e. The first kappa shape index (κ1) is 31.6. The Kier molecular flexibility index (Phi) is 9.39. The van der Waals surface area contributed by atoms with Gasteiger partial charge in [0.2, 0.25) is 0 Å². The molecule has 1 N–H and O–H groups in total.